The Bertz CT molecular complexity index is 467. The van der Waals surface area contributed by atoms with E-state index in [4.69, 9.17) is 5.73 Å². The highest BCUT2D eigenvalue weighted by Crippen LogP contribution is 2.29. The van der Waals surface area contributed by atoms with Gasteiger partial charge in [0.15, 0.2) is 0 Å². The minimum Gasteiger partial charge on any atom is -0.399 e. The summed E-state index contributed by atoms with van der Waals surface area (Å²) in [7, 11) is 0. The molecule has 0 spiro atoms. The zero-order chi connectivity index (χ0) is 15.1. The third-order valence-corrected chi connectivity index (χ3v) is 4.26. The summed E-state index contributed by atoms with van der Waals surface area (Å²) in [6.07, 6.45) is 6.27. The van der Waals surface area contributed by atoms with Crippen LogP contribution in [0.2, 0.25) is 0 Å². The molecule has 1 fully saturated rings. The first-order valence-corrected chi connectivity index (χ1v) is 8.04. The number of hydrogen-bond donors (Lipinski definition) is 3. The molecule has 4 nitrogen and oxygen atoms in total. The second-order valence-corrected chi connectivity index (χ2v) is 6.00. The van der Waals surface area contributed by atoms with Gasteiger partial charge in [-0.2, -0.15) is 0 Å². The summed E-state index contributed by atoms with van der Waals surface area (Å²) >= 11 is 0. The number of rotatable bonds is 6. The lowest BCUT2D eigenvalue weighted by atomic mass is 9.80. The Balaban J connectivity index is 2.03. The molecule has 0 radical (unpaired) electrons. The average molecular weight is 289 g/mol. The van der Waals surface area contributed by atoms with Crippen molar-refractivity contribution in [3.63, 3.8) is 0 Å². The monoisotopic (exact) mass is 289 g/mol. The van der Waals surface area contributed by atoms with E-state index in [0.29, 0.717) is 6.54 Å². The van der Waals surface area contributed by atoms with Gasteiger partial charge in [-0.1, -0.05) is 38.3 Å². The Hall–Kier alpha value is -1.55. The highest BCUT2D eigenvalue weighted by atomic mass is 16.2. The standard InChI is InChI=1S/C17H27N3O/c1-2-11-19-16(21)17(9-4-3-5-10-17)20-13-14-7-6-8-15(18)12-14/h6-8,12,20H,2-5,9-11,13,18H2,1H3,(H,19,21). The maximum atomic E-state index is 12.6. The Morgan fingerprint density at radius 1 is 1.29 bits per heavy atom. The molecule has 4 heteroatoms. The Kier molecular flexibility index (Phi) is 5.62. The molecule has 1 amide bonds. The van der Waals surface area contributed by atoms with Crippen molar-refractivity contribution >= 4 is 11.6 Å². The van der Waals surface area contributed by atoms with Gasteiger partial charge in [0.1, 0.15) is 0 Å². The molecule has 21 heavy (non-hydrogen) atoms. The fraction of sp³-hybridized carbons (Fsp3) is 0.588. The number of carbonyl (C=O) groups is 1. The molecule has 1 aromatic rings. The largest absolute Gasteiger partial charge is 0.399 e. The van der Waals surface area contributed by atoms with Crippen molar-refractivity contribution in [1.29, 1.82) is 0 Å². The predicted octanol–water partition coefficient (Wildman–Crippen LogP) is 2.59. The van der Waals surface area contributed by atoms with Crippen LogP contribution in [0.25, 0.3) is 0 Å². The molecule has 0 atom stereocenters. The normalized spacial score (nSPS) is 17.4. The number of amides is 1. The molecule has 0 aromatic heterocycles. The van der Waals surface area contributed by atoms with Gasteiger partial charge in [-0.15, -0.1) is 0 Å². The molecule has 1 saturated carbocycles. The molecule has 116 valence electrons. The van der Waals surface area contributed by atoms with Gasteiger partial charge in [0.05, 0.1) is 5.54 Å². The van der Waals surface area contributed by atoms with Crippen molar-refractivity contribution in [2.75, 3.05) is 12.3 Å². The summed E-state index contributed by atoms with van der Waals surface area (Å²) in [4.78, 5) is 12.6. The Morgan fingerprint density at radius 2 is 2.05 bits per heavy atom. The molecular weight excluding hydrogens is 262 g/mol. The molecule has 0 bridgehead atoms. The second kappa shape index (κ2) is 7.46. The average Bonchev–Trinajstić information content (AvgIpc) is 2.51. The third-order valence-electron chi connectivity index (χ3n) is 4.26. The van der Waals surface area contributed by atoms with E-state index in [1.54, 1.807) is 0 Å². The summed E-state index contributed by atoms with van der Waals surface area (Å²) in [5, 5.41) is 6.58. The fourth-order valence-corrected chi connectivity index (χ4v) is 3.02. The lowest BCUT2D eigenvalue weighted by molar-refractivity contribution is -0.129. The molecule has 1 aliphatic rings. The predicted molar refractivity (Wildman–Crippen MR) is 86.8 cm³/mol. The first-order valence-electron chi connectivity index (χ1n) is 8.04. The number of benzene rings is 1. The van der Waals surface area contributed by atoms with Crippen LogP contribution in [0.15, 0.2) is 24.3 Å². The number of hydrogen-bond acceptors (Lipinski definition) is 3. The van der Waals surface area contributed by atoms with Crippen LogP contribution < -0.4 is 16.4 Å². The second-order valence-electron chi connectivity index (χ2n) is 6.00. The summed E-state index contributed by atoms with van der Waals surface area (Å²) in [6, 6.07) is 7.85. The van der Waals surface area contributed by atoms with E-state index >= 15 is 0 Å². The van der Waals surface area contributed by atoms with Gasteiger partial charge in [0.25, 0.3) is 0 Å². The van der Waals surface area contributed by atoms with Crippen LogP contribution in [0.5, 0.6) is 0 Å². The van der Waals surface area contributed by atoms with Crippen LogP contribution in [-0.4, -0.2) is 18.0 Å². The summed E-state index contributed by atoms with van der Waals surface area (Å²) in [6.45, 7) is 3.51. The van der Waals surface area contributed by atoms with Crippen LogP contribution >= 0.6 is 0 Å². The zero-order valence-electron chi connectivity index (χ0n) is 13.0. The molecular formula is C17H27N3O. The van der Waals surface area contributed by atoms with Crippen LogP contribution in [0.1, 0.15) is 51.0 Å². The number of anilines is 1. The number of nitrogens with one attached hydrogen (secondary N) is 2. The van der Waals surface area contributed by atoms with Crippen LogP contribution in [0.4, 0.5) is 5.69 Å². The number of nitrogens with two attached hydrogens (primary N) is 1. The highest BCUT2D eigenvalue weighted by Gasteiger charge is 2.38. The molecule has 1 aromatic carbocycles. The smallest absolute Gasteiger partial charge is 0.240 e. The molecule has 0 aliphatic heterocycles. The first kappa shape index (κ1) is 15.8. The van der Waals surface area contributed by atoms with Gasteiger partial charge in [-0.05, 0) is 37.0 Å². The number of carbonyl (C=O) groups excluding carboxylic acids is 1. The minimum atomic E-state index is -0.405. The van der Waals surface area contributed by atoms with Crippen LogP contribution in [-0.2, 0) is 11.3 Å². The van der Waals surface area contributed by atoms with E-state index < -0.39 is 5.54 Å². The fourth-order valence-electron chi connectivity index (χ4n) is 3.02. The van der Waals surface area contributed by atoms with Gasteiger partial charge in [0, 0.05) is 18.8 Å². The maximum absolute atomic E-state index is 12.6. The van der Waals surface area contributed by atoms with E-state index in [1.165, 1.54) is 6.42 Å². The van der Waals surface area contributed by atoms with Crippen LogP contribution in [0.3, 0.4) is 0 Å². The molecule has 0 saturated heterocycles. The third kappa shape index (κ3) is 4.21. The summed E-state index contributed by atoms with van der Waals surface area (Å²) in [5.74, 6) is 0.160. The Morgan fingerprint density at radius 3 is 2.71 bits per heavy atom. The minimum absolute atomic E-state index is 0.160. The van der Waals surface area contributed by atoms with Gasteiger partial charge in [-0.3, -0.25) is 10.1 Å². The van der Waals surface area contributed by atoms with Gasteiger partial charge >= 0.3 is 0 Å². The van der Waals surface area contributed by atoms with Gasteiger partial charge in [0.2, 0.25) is 5.91 Å². The molecule has 0 heterocycles. The quantitative estimate of drug-likeness (QED) is 0.705. The van der Waals surface area contributed by atoms with Crippen molar-refractivity contribution in [1.82, 2.24) is 10.6 Å². The van der Waals surface area contributed by atoms with E-state index in [0.717, 1.165) is 49.9 Å². The van der Waals surface area contributed by atoms with E-state index in [2.05, 4.69) is 17.6 Å². The molecule has 0 unspecified atom stereocenters. The van der Waals surface area contributed by atoms with E-state index in [9.17, 15) is 4.79 Å². The van der Waals surface area contributed by atoms with E-state index in [1.807, 2.05) is 24.3 Å². The van der Waals surface area contributed by atoms with E-state index in [-0.39, 0.29) is 5.91 Å². The van der Waals surface area contributed by atoms with Gasteiger partial charge in [-0.25, -0.2) is 0 Å². The first-order chi connectivity index (χ1) is 10.2. The Labute approximate surface area is 127 Å². The zero-order valence-corrected chi connectivity index (χ0v) is 13.0. The SMILES string of the molecule is CCCNC(=O)C1(NCc2cccc(N)c2)CCCCC1. The highest BCUT2D eigenvalue weighted by molar-refractivity contribution is 5.86. The lowest BCUT2D eigenvalue weighted by Crippen LogP contribution is -2.57. The molecule has 2 rings (SSSR count). The lowest BCUT2D eigenvalue weighted by Gasteiger charge is -2.37. The summed E-state index contributed by atoms with van der Waals surface area (Å²) < 4.78 is 0. The number of nitrogen functional groups attached to an aromatic ring is 1. The summed E-state index contributed by atoms with van der Waals surface area (Å²) in [5.41, 5.74) is 7.31. The topological polar surface area (TPSA) is 67.2 Å². The maximum Gasteiger partial charge on any atom is 0.240 e. The van der Waals surface area contributed by atoms with Gasteiger partial charge < -0.3 is 11.1 Å². The van der Waals surface area contributed by atoms with Crippen molar-refractivity contribution in [3.8, 4) is 0 Å². The van der Waals surface area contributed by atoms with Crippen molar-refractivity contribution < 1.29 is 4.79 Å². The molecule has 1 aliphatic carbocycles. The van der Waals surface area contributed by atoms with Crippen molar-refractivity contribution in [3.05, 3.63) is 29.8 Å². The molecule has 4 N–H and O–H groups in total. The van der Waals surface area contributed by atoms with Crippen molar-refractivity contribution in [2.24, 2.45) is 0 Å². The van der Waals surface area contributed by atoms with Crippen LogP contribution in [0, 0.1) is 0 Å². The van der Waals surface area contributed by atoms with Crippen molar-refractivity contribution in [2.45, 2.75) is 57.5 Å².